The molecule has 4 aromatic carbocycles. The third kappa shape index (κ3) is 5.40. The summed E-state index contributed by atoms with van der Waals surface area (Å²) in [6.07, 6.45) is 0. The van der Waals surface area contributed by atoms with Crippen LogP contribution in [0.4, 0.5) is 0 Å². The van der Waals surface area contributed by atoms with Gasteiger partial charge in [-0.15, -0.1) is 5.19 Å². The second-order valence-electron chi connectivity index (χ2n) is 8.22. The van der Waals surface area contributed by atoms with Crippen LogP contribution in [0.1, 0.15) is 27.8 Å². The van der Waals surface area contributed by atoms with Crippen molar-refractivity contribution in [1.82, 2.24) is 0 Å². The van der Waals surface area contributed by atoms with Crippen molar-refractivity contribution in [1.29, 1.82) is 0 Å². The summed E-state index contributed by atoms with van der Waals surface area (Å²) in [4.78, 5) is 0. The molecule has 170 valence electrons. The Labute approximate surface area is 233 Å². The van der Waals surface area contributed by atoms with Gasteiger partial charge in [-0.2, -0.15) is 22.3 Å². The molecular formula is C28H29Cl3SiTi. The van der Waals surface area contributed by atoms with Crippen LogP contribution in [0, 0.1) is 34.6 Å². The number of hydrogen-bond acceptors (Lipinski definition) is 0. The topological polar surface area (TPSA) is 0 Å². The summed E-state index contributed by atoms with van der Waals surface area (Å²) in [5.74, 6) is 0. The van der Waals surface area contributed by atoms with Gasteiger partial charge in [0.25, 0.3) is 0 Å². The molecule has 0 bridgehead atoms. The first-order valence-corrected chi connectivity index (χ1v) is 12.4. The zero-order valence-electron chi connectivity index (χ0n) is 19.7. The Morgan fingerprint density at radius 3 is 1.18 bits per heavy atom. The number of halogens is 3. The predicted octanol–water partition coefficient (Wildman–Crippen LogP) is -4.67. The Morgan fingerprint density at radius 2 is 0.818 bits per heavy atom. The molecule has 4 rings (SSSR count). The van der Waals surface area contributed by atoms with Gasteiger partial charge in [0, 0.05) is 0 Å². The van der Waals surface area contributed by atoms with Crippen LogP contribution in [-0.2, 0) is 21.7 Å². The molecule has 0 amide bonds. The molecule has 0 aromatic heterocycles. The van der Waals surface area contributed by atoms with Crippen LogP contribution in [0.3, 0.4) is 0 Å². The van der Waals surface area contributed by atoms with Crippen LogP contribution in [0.5, 0.6) is 0 Å². The molecule has 0 atom stereocenters. The van der Waals surface area contributed by atoms with E-state index < -0.39 is 8.07 Å². The minimum Gasteiger partial charge on any atom is -1.00 e. The molecule has 0 radical (unpaired) electrons. The van der Waals surface area contributed by atoms with E-state index in [0.717, 1.165) is 0 Å². The first kappa shape index (κ1) is 31.8. The van der Waals surface area contributed by atoms with Gasteiger partial charge in [-0.25, -0.2) is 0 Å². The average molecular weight is 548 g/mol. The standard InChI is InChI=1S/C28H29Si.3ClH.Ti/c1-20-16-18-27(19-17-20)29(25-12-8-6-9-13-25,26-14-10-7-11-15-26)28-23(4)21(2)22(3)24(28)5;;;;/h6-19H,1-5H3;3*1H;/q-1;;;;+4/p-3. The van der Waals surface area contributed by atoms with E-state index in [1.54, 1.807) is 5.19 Å². The molecular weight excluding hydrogens is 519 g/mol. The van der Waals surface area contributed by atoms with Crippen molar-refractivity contribution in [3.8, 4) is 0 Å². The minimum absolute atomic E-state index is 0. The van der Waals surface area contributed by atoms with Gasteiger partial charge in [0.15, 0.2) is 0 Å². The van der Waals surface area contributed by atoms with Gasteiger partial charge in [0.1, 0.15) is 8.07 Å². The zero-order valence-corrected chi connectivity index (χ0v) is 24.5. The second kappa shape index (κ2) is 13.0. The van der Waals surface area contributed by atoms with Crippen molar-refractivity contribution in [2.24, 2.45) is 0 Å². The third-order valence-electron chi connectivity index (χ3n) is 6.71. The molecule has 0 saturated carbocycles. The monoisotopic (exact) mass is 546 g/mol. The van der Waals surface area contributed by atoms with E-state index in [0.29, 0.717) is 0 Å². The molecule has 0 spiro atoms. The van der Waals surface area contributed by atoms with Gasteiger partial charge >= 0.3 is 21.7 Å². The van der Waals surface area contributed by atoms with Crippen molar-refractivity contribution in [2.75, 3.05) is 0 Å². The summed E-state index contributed by atoms with van der Waals surface area (Å²) < 4.78 is 0. The quantitative estimate of drug-likeness (QED) is 0.137. The summed E-state index contributed by atoms with van der Waals surface area (Å²) in [6, 6.07) is 31.7. The van der Waals surface area contributed by atoms with E-state index >= 15 is 0 Å². The number of aryl methyl sites for hydroxylation is 1. The number of benzene rings is 3. The molecule has 4 aromatic rings. The number of rotatable bonds is 4. The van der Waals surface area contributed by atoms with Crippen molar-refractivity contribution in [2.45, 2.75) is 34.6 Å². The van der Waals surface area contributed by atoms with Crippen molar-refractivity contribution in [3.63, 3.8) is 0 Å². The molecule has 33 heavy (non-hydrogen) atoms. The van der Waals surface area contributed by atoms with Crippen LogP contribution >= 0.6 is 0 Å². The van der Waals surface area contributed by atoms with Crippen molar-refractivity contribution < 1.29 is 58.9 Å². The average Bonchev–Trinajstić information content (AvgIpc) is 2.95. The fourth-order valence-corrected chi connectivity index (χ4v) is 10.3. The molecule has 0 unspecified atom stereocenters. The van der Waals surface area contributed by atoms with Crippen LogP contribution in [-0.4, -0.2) is 8.07 Å². The Kier molecular flexibility index (Phi) is 12.6. The fraction of sp³-hybridized carbons (Fsp3) is 0.179. The summed E-state index contributed by atoms with van der Waals surface area (Å²) in [7, 11) is -2.42. The maximum Gasteiger partial charge on any atom is 4.00 e. The molecule has 0 aliphatic heterocycles. The Balaban J connectivity index is 0.00000256. The number of hydrogen-bond donors (Lipinski definition) is 0. The summed E-state index contributed by atoms with van der Waals surface area (Å²) in [6.45, 7) is 11.4. The molecule has 0 fully saturated rings. The van der Waals surface area contributed by atoms with Crippen molar-refractivity contribution >= 4 is 28.8 Å². The molecule has 5 heteroatoms. The Morgan fingerprint density at radius 1 is 0.485 bits per heavy atom. The smallest absolute Gasteiger partial charge is 1.00 e. The van der Waals surface area contributed by atoms with E-state index in [2.05, 4.69) is 120 Å². The Hall–Kier alpha value is -1.19. The third-order valence-corrected chi connectivity index (χ3v) is 11.8. The molecule has 0 aliphatic carbocycles. The molecule has 0 heterocycles. The molecule has 0 aliphatic rings. The largest absolute Gasteiger partial charge is 4.00 e. The van der Waals surface area contributed by atoms with Gasteiger partial charge < -0.3 is 37.2 Å². The second-order valence-corrected chi connectivity index (χ2v) is 12.0. The maximum atomic E-state index is 2.37. The normalized spacial score (nSPS) is 10.2. The summed E-state index contributed by atoms with van der Waals surface area (Å²) in [5, 5.41) is 5.92. The molecule has 0 N–H and O–H groups in total. The van der Waals surface area contributed by atoms with E-state index in [9.17, 15) is 0 Å². The molecule has 0 saturated heterocycles. The van der Waals surface area contributed by atoms with Gasteiger partial charge in [0.2, 0.25) is 0 Å². The SMILES string of the molecule is Cc1ccc([Si](c2ccccc2)(c2ccccc2)[c-]2c(C)c(C)c(C)c2C)cc1.[Cl-].[Cl-].[Cl-].[Ti+4]. The van der Waals surface area contributed by atoms with E-state index in [1.165, 1.54) is 43.4 Å². The molecule has 0 nitrogen and oxygen atoms in total. The van der Waals surface area contributed by atoms with E-state index in [-0.39, 0.29) is 58.9 Å². The first-order valence-electron chi connectivity index (χ1n) is 10.4. The van der Waals surface area contributed by atoms with Crippen molar-refractivity contribution in [3.05, 3.63) is 113 Å². The maximum absolute atomic E-state index is 2.42. The van der Waals surface area contributed by atoms with Gasteiger partial charge in [-0.1, -0.05) is 134 Å². The Bertz CT molecular complexity index is 1070. The van der Waals surface area contributed by atoms with Crippen LogP contribution in [0.25, 0.3) is 0 Å². The predicted molar refractivity (Wildman–Crippen MR) is 129 cm³/mol. The summed E-state index contributed by atoms with van der Waals surface area (Å²) in [5.41, 5.74) is 7.10. The van der Waals surface area contributed by atoms with Crippen LogP contribution in [0.2, 0.25) is 0 Å². The summed E-state index contributed by atoms with van der Waals surface area (Å²) >= 11 is 0. The van der Waals surface area contributed by atoms with Gasteiger partial charge in [-0.05, 0) is 6.92 Å². The van der Waals surface area contributed by atoms with Crippen LogP contribution in [0.15, 0.2) is 84.9 Å². The fourth-order valence-electron chi connectivity index (χ4n) is 4.89. The van der Waals surface area contributed by atoms with Gasteiger partial charge in [-0.3, -0.25) is 0 Å². The minimum atomic E-state index is -2.42. The van der Waals surface area contributed by atoms with Gasteiger partial charge in [0.05, 0.1) is 0 Å². The van der Waals surface area contributed by atoms with E-state index in [1.807, 2.05) is 0 Å². The van der Waals surface area contributed by atoms with E-state index in [4.69, 9.17) is 0 Å². The first-order chi connectivity index (χ1) is 14.0. The zero-order chi connectivity index (χ0) is 20.6. The van der Waals surface area contributed by atoms with Crippen LogP contribution < -0.4 is 58.0 Å².